The van der Waals surface area contributed by atoms with Crippen molar-refractivity contribution in [3.8, 4) is 0 Å². The first-order valence-corrected chi connectivity index (χ1v) is 6.19. The van der Waals surface area contributed by atoms with Gasteiger partial charge in [-0.3, -0.25) is 0 Å². The van der Waals surface area contributed by atoms with Crippen LogP contribution in [0.3, 0.4) is 0 Å². The predicted octanol–water partition coefficient (Wildman–Crippen LogP) is 3.64. The smallest absolute Gasteiger partial charge is 0.134 e. The number of furan rings is 1. The minimum absolute atomic E-state index is 0.189. The van der Waals surface area contributed by atoms with Gasteiger partial charge in [-0.1, -0.05) is 17.7 Å². The van der Waals surface area contributed by atoms with Crippen LogP contribution in [0.2, 0.25) is 0 Å². The lowest BCUT2D eigenvalue weighted by molar-refractivity contribution is 0.580. The highest BCUT2D eigenvalue weighted by atomic mass is 16.3. The Bertz CT molecular complexity index is 580. The summed E-state index contributed by atoms with van der Waals surface area (Å²) in [6.07, 6.45) is 5.46. The number of hydrogen-bond donors (Lipinski definition) is 1. The number of benzene rings is 1. The van der Waals surface area contributed by atoms with Crippen molar-refractivity contribution in [2.24, 2.45) is 5.73 Å². The van der Waals surface area contributed by atoms with E-state index >= 15 is 0 Å². The number of allylic oxidation sites excluding steroid dienone is 1. The minimum atomic E-state index is 0.189. The fourth-order valence-electron chi connectivity index (χ4n) is 2.48. The van der Waals surface area contributed by atoms with Crippen molar-refractivity contribution in [3.63, 3.8) is 0 Å². The van der Waals surface area contributed by atoms with Gasteiger partial charge >= 0.3 is 0 Å². The summed E-state index contributed by atoms with van der Waals surface area (Å²) in [5, 5.41) is 1.18. The third-order valence-corrected chi connectivity index (χ3v) is 3.39. The molecule has 0 amide bonds. The van der Waals surface area contributed by atoms with Crippen LogP contribution in [0.5, 0.6) is 0 Å². The zero-order valence-electron chi connectivity index (χ0n) is 10.1. The van der Waals surface area contributed by atoms with Crippen molar-refractivity contribution in [3.05, 3.63) is 41.7 Å². The predicted molar refractivity (Wildman–Crippen MR) is 70.8 cm³/mol. The van der Waals surface area contributed by atoms with E-state index in [-0.39, 0.29) is 6.04 Å². The van der Waals surface area contributed by atoms with E-state index in [0.717, 1.165) is 30.6 Å². The average molecular weight is 227 g/mol. The van der Waals surface area contributed by atoms with Gasteiger partial charge in [0.25, 0.3) is 0 Å². The molecule has 0 aliphatic heterocycles. The molecule has 88 valence electrons. The Morgan fingerprint density at radius 3 is 3.00 bits per heavy atom. The van der Waals surface area contributed by atoms with E-state index in [1.807, 2.05) is 6.07 Å². The summed E-state index contributed by atoms with van der Waals surface area (Å²) >= 11 is 0. The lowest BCUT2D eigenvalue weighted by Gasteiger charge is -2.15. The molecule has 17 heavy (non-hydrogen) atoms. The van der Waals surface area contributed by atoms with Gasteiger partial charge in [0.15, 0.2) is 0 Å². The van der Waals surface area contributed by atoms with Gasteiger partial charge in [-0.2, -0.15) is 0 Å². The highest BCUT2D eigenvalue weighted by Gasteiger charge is 2.14. The second-order valence-corrected chi connectivity index (χ2v) is 4.90. The maximum absolute atomic E-state index is 5.96. The van der Waals surface area contributed by atoms with E-state index in [0.29, 0.717) is 0 Å². The Morgan fingerprint density at radius 1 is 1.29 bits per heavy atom. The quantitative estimate of drug-likeness (QED) is 0.807. The number of nitrogens with two attached hydrogens (primary N) is 1. The minimum Gasteiger partial charge on any atom is -0.456 e. The van der Waals surface area contributed by atoms with Crippen molar-refractivity contribution in [2.45, 2.75) is 32.2 Å². The van der Waals surface area contributed by atoms with Crippen LogP contribution in [0.4, 0.5) is 0 Å². The Hall–Kier alpha value is -1.54. The molecule has 0 saturated carbocycles. The maximum Gasteiger partial charge on any atom is 0.134 e. The zero-order chi connectivity index (χ0) is 11.8. The van der Waals surface area contributed by atoms with E-state index in [4.69, 9.17) is 10.2 Å². The van der Waals surface area contributed by atoms with Crippen LogP contribution in [0.15, 0.2) is 34.8 Å². The first-order valence-electron chi connectivity index (χ1n) is 6.19. The number of aryl methyl sites for hydroxylation is 1. The lowest BCUT2D eigenvalue weighted by Crippen LogP contribution is -2.19. The van der Waals surface area contributed by atoms with E-state index in [1.54, 1.807) is 0 Å². The third-order valence-electron chi connectivity index (χ3n) is 3.39. The Morgan fingerprint density at radius 2 is 2.18 bits per heavy atom. The van der Waals surface area contributed by atoms with Gasteiger partial charge in [-0.15, -0.1) is 0 Å². The summed E-state index contributed by atoms with van der Waals surface area (Å²) in [5.41, 5.74) is 9.45. The standard InChI is InChI=1S/C15H17NO/c1-10-5-6-14-12(7-10)9-15(17-14)11-3-2-4-13(16)8-11/h5-9,13H,2-4,16H2,1H3. The Labute approximate surface area is 101 Å². The molecule has 0 saturated heterocycles. The van der Waals surface area contributed by atoms with Crippen LogP contribution in [0.25, 0.3) is 16.5 Å². The van der Waals surface area contributed by atoms with Crippen LogP contribution in [-0.4, -0.2) is 6.04 Å². The molecule has 1 aliphatic carbocycles. The van der Waals surface area contributed by atoms with Crippen molar-refractivity contribution in [1.82, 2.24) is 0 Å². The molecule has 1 heterocycles. The molecule has 0 fully saturated rings. The molecule has 1 aromatic carbocycles. The monoisotopic (exact) mass is 227 g/mol. The van der Waals surface area contributed by atoms with Crippen molar-refractivity contribution >= 4 is 16.5 Å². The Kier molecular flexibility index (Phi) is 2.52. The molecule has 0 bridgehead atoms. The molecule has 2 aromatic rings. The molecule has 2 heteroatoms. The molecular formula is C15H17NO. The zero-order valence-corrected chi connectivity index (χ0v) is 10.1. The maximum atomic E-state index is 5.96. The average Bonchev–Trinajstić information content (AvgIpc) is 2.72. The summed E-state index contributed by atoms with van der Waals surface area (Å²) in [4.78, 5) is 0. The number of hydrogen-bond acceptors (Lipinski definition) is 2. The molecule has 2 N–H and O–H groups in total. The van der Waals surface area contributed by atoms with E-state index in [9.17, 15) is 0 Å². The van der Waals surface area contributed by atoms with E-state index in [1.165, 1.54) is 16.5 Å². The van der Waals surface area contributed by atoms with E-state index < -0.39 is 0 Å². The van der Waals surface area contributed by atoms with Crippen LogP contribution in [0, 0.1) is 6.92 Å². The van der Waals surface area contributed by atoms with Gasteiger partial charge < -0.3 is 10.2 Å². The summed E-state index contributed by atoms with van der Waals surface area (Å²) in [6, 6.07) is 8.60. The molecular weight excluding hydrogens is 210 g/mol. The SMILES string of the molecule is Cc1ccc2oc(C3=CC(N)CCC3)cc2c1. The van der Waals surface area contributed by atoms with Crippen LogP contribution in [0.1, 0.15) is 30.6 Å². The lowest BCUT2D eigenvalue weighted by atomic mass is 9.95. The number of rotatable bonds is 1. The van der Waals surface area contributed by atoms with Crippen LogP contribution < -0.4 is 5.73 Å². The van der Waals surface area contributed by atoms with Gasteiger partial charge in [-0.05, 0) is 50.0 Å². The summed E-state index contributed by atoms with van der Waals surface area (Å²) in [5.74, 6) is 0.987. The molecule has 0 spiro atoms. The summed E-state index contributed by atoms with van der Waals surface area (Å²) < 4.78 is 5.89. The van der Waals surface area contributed by atoms with Crippen LogP contribution >= 0.6 is 0 Å². The second kappa shape index (κ2) is 4.04. The van der Waals surface area contributed by atoms with Crippen molar-refractivity contribution < 1.29 is 4.42 Å². The van der Waals surface area contributed by atoms with Gasteiger partial charge in [0.05, 0.1) is 0 Å². The highest BCUT2D eigenvalue weighted by Crippen LogP contribution is 2.31. The fraction of sp³-hybridized carbons (Fsp3) is 0.333. The van der Waals surface area contributed by atoms with Gasteiger partial charge in [0.2, 0.25) is 0 Å². The van der Waals surface area contributed by atoms with Crippen LogP contribution in [-0.2, 0) is 0 Å². The van der Waals surface area contributed by atoms with Gasteiger partial charge in [0.1, 0.15) is 11.3 Å². The molecule has 1 unspecified atom stereocenters. The molecule has 1 aliphatic rings. The molecule has 0 radical (unpaired) electrons. The first kappa shape index (κ1) is 10.6. The van der Waals surface area contributed by atoms with Gasteiger partial charge in [-0.25, -0.2) is 0 Å². The molecule has 1 atom stereocenters. The highest BCUT2D eigenvalue weighted by molar-refractivity contribution is 5.82. The largest absolute Gasteiger partial charge is 0.456 e. The fourth-order valence-corrected chi connectivity index (χ4v) is 2.48. The third kappa shape index (κ3) is 2.01. The number of fused-ring (bicyclic) bond motifs is 1. The molecule has 2 nitrogen and oxygen atoms in total. The summed E-state index contributed by atoms with van der Waals surface area (Å²) in [7, 11) is 0. The summed E-state index contributed by atoms with van der Waals surface area (Å²) in [6.45, 7) is 2.10. The Balaban J connectivity index is 2.06. The molecule has 1 aromatic heterocycles. The van der Waals surface area contributed by atoms with E-state index in [2.05, 4.69) is 31.2 Å². The second-order valence-electron chi connectivity index (χ2n) is 4.90. The van der Waals surface area contributed by atoms with Crippen molar-refractivity contribution in [1.29, 1.82) is 0 Å². The first-order chi connectivity index (χ1) is 8.22. The topological polar surface area (TPSA) is 39.2 Å². The van der Waals surface area contributed by atoms with Gasteiger partial charge in [0, 0.05) is 11.4 Å². The normalized spacial score (nSPS) is 20.6. The van der Waals surface area contributed by atoms with Crippen molar-refractivity contribution in [2.75, 3.05) is 0 Å². The molecule has 3 rings (SSSR count).